The summed E-state index contributed by atoms with van der Waals surface area (Å²) in [6.07, 6.45) is 10.1. The minimum Gasteiger partial charge on any atom is -0.491 e. The van der Waals surface area contributed by atoms with E-state index in [0.717, 1.165) is 18.3 Å². The van der Waals surface area contributed by atoms with Gasteiger partial charge in [-0.2, -0.15) is 0 Å². The van der Waals surface area contributed by atoms with Crippen molar-refractivity contribution in [2.45, 2.75) is 51.9 Å². The van der Waals surface area contributed by atoms with Crippen molar-refractivity contribution >= 4 is 18.5 Å². The van der Waals surface area contributed by atoms with Crippen LogP contribution in [-0.2, 0) is 63.3 Å². The van der Waals surface area contributed by atoms with Gasteiger partial charge >= 0.3 is 0 Å². The molecule has 0 amide bonds. The predicted octanol–water partition coefficient (Wildman–Crippen LogP) is 7.30. The Kier molecular flexibility index (Phi) is 39.3. The van der Waals surface area contributed by atoms with E-state index in [-0.39, 0.29) is 0 Å². The molecular weight excluding hydrogens is 864 g/mol. The molecule has 3 rings (SSSR count). The van der Waals surface area contributed by atoms with Gasteiger partial charge in [0.05, 0.1) is 159 Å². The lowest BCUT2D eigenvalue weighted by atomic mass is 10.0. The summed E-state index contributed by atoms with van der Waals surface area (Å²) in [6.45, 7) is 15.4. The Hall–Kier alpha value is -2.59. The standard InChI is InChI=1S/C52H83O13P/c1-2-3-4-5-6-9-14-49-19-21-50(22-20-49)65-46-45-63-42-41-61-38-37-59-34-33-57-30-29-55-26-25-53-23-24-54-27-28-56-31-32-58-35-36-60-39-40-62-43-44-64-47-48-66(51-15-10-7-11-16-51)52-17-12-8-13-18-52/h7-8,10-13,15-22H,2-6,9,14,23-48H2,1H3. The van der Waals surface area contributed by atoms with Crippen LogP contribution in [0.3, 0.4) is 0 Å². The van der Waals surface area contributed by atoms with Gasteiger partial charge < -0.3 is 61.6 Å². The summed E-state index contributed by atoms with van der Waals surface area (Å²) in [6, 6.07) is 29.8. The summed E-state index contributed by atoms with van der Waals surface area (Å²) >= 11 is 0. The fraction of sp³-hybridized carbons (Fsp3) is 0.654. The first-order chi connectivity index (χ1) is 32.9. The van der Waals surface area contributed by atoms with Crippen LogP contribution in [0.15, 0.2) is 84.9 Å². The predicted molar refractivity (Wildman–Crippen MR) is 263 cm³/mol. The summed E-state index contributed by atoms with van der Waals surface area (Å²) in [5.74, 6) is 0.884. The first kappa shape index (κ1) is 57.7. The van der Waals surface area contributed by atoms with Crippen LogP contribution in [0.1, 0.15) is 51.0 Å². The van der Waals surface area contributed by atoms with E-state index in [1.54, 1.807) is 0 Å². The van der Waals surface area contributed by atoms with Crippen molar-refractivity contribution < 1.29 is 61.6 Å². The molecule has 0 saturated carbocycles. The molecule has 3 aromatic carbocycles. The van der Waals surface area contributed by atoms with E-state index >= 15 is 0 Å². The van der Waals surface area contributed by atoms with Crippen molar-refractivity contribution in [3.05, 3.63) is 90.5 Å². The average molecular weight is 947 g/mol. The van der Waals surface area contributed by atoms with Crippen LogP contribution < -0.4 is 15.3 Å². The molecule has 0 aliphatic rings. The van der Waals surface area contributed by atoms with E-state index in [1.807, 2.05) is 0 Å². The molecule has 0 atom stereocenters. The third-order valence-electron chi connectivity index (χ3n) is 9.93. The van der Waals surface area contributed by atoms with Crippen LogP contribution >= 0.6 is 7.92 Å². The number of hydrogen-bond donors (Lipinski definition) is 0. The van der Waals surface area contributed by atoms with Crippen LogP contribution in [0.4, 0.5) is 0 Å². The van der Waals surface area contributed by atoms with Gasteiger partial charge in [0.1, 0.15) is 12.4 Å². The van der Waals surface area contributed by atoms with E-state index in [0.29, 0.717) is 165 Å². The zero-order chi connectivity index (χ0) is 46.3. The normalized spacial score (nSPS) is 11.5. The van der Waals surface area contributed by atoms with Crippen molar-refractivity contribution in [1.82, 2.24) is 0 Å². The van der Waals surface area contributed by atoms with E-state index in [2.05, 4.69) is 91.9 Å². The van der Waals surface area contributed by atoms with E-state index in [1.165, 1.54) is 54.7 Å². The molecule has 0 radical (unpaired) electrons. The molecule has 0 aliphatic heterocycles. The van der Waals surface area contributed by atoms with Crippen molar-refractivity contribution in [3.8, 4) is 5.75 Å². The molecule has 13 nitrogen and oxygen atoms in total. The zero-order valence-corrected chi connectivity index (χ0v) is 41.1. The lowest BCUT2D eigenvalue weighted by Crippen LogP contribution is -2.17. The Bertz CT molecular complexity index is 1390. The number of rotatable bonds is 49. The number of unbranched alkanes of at least 4 members (excludes halogenated alkanes) is 5. The van der Waals surface area contributed by atoms with Crippen LogP contribution in [0.2, 0.25) is 0 Å². The second-order valence-electron chi connectivity index (χ2n) is 15.2. The minimum atomic E-state index is -0.435. The number of aryl methyl sites for hydroxylation is 1. The Balaban J connectivity index is 0.914. The molecule has 0 saturated heterocycles. The maximum atomic E-state index is 5.88. The summed E-state index contributed by atoms with van der Waals surface area (Å²) in [5.41, 5.74) is 1.38. The Morgan fingerprint density at radius 1 is 0.303 bits per heavy atom. The molecule has 66 heavy (non-hydrogen) atoms. The summed E-state index contributed by atoms with van der Waals surface area (Å²) in [7, 11) is -0.435. The molecule has 0 bridgehead atoms. The summed E-state index contributed by atoms with van der Waals surface area (Å²) < 4.78 is 72.9. The van der Waals surface area contributed by atoms with Gasteiger partial charge in [-0.05, 0) is 55.2 Å². The summed E-state index contributed by atoms with van der Waals surface area (Å²) in [5, 5.41) is 2.74. The van der Waals surface area contributed by atoms with Crippen LogP contribution in [0, 0.1) is 0 Å². The van der Waals surface area contributed by atoms with Gasteiger partial charge in [0.15, 0.2) is 0 Å². The molecule has 0 N–H and O–H groups in total. The van der Waals surface area contributed by atoms with Crippen LogP contribution in [0.25, 0.3) is 0 Å². The topological polar surface area (TPSA) is 120 Å². The number of benzene rings is 3. The molecule has 0 aliphatic carbocycles. The van der Waals surface area contributed by atoms with Crippen molar-refractivity contribution in [2.75, 3.05) is 171 Å². The third kappa shape index (κ3) is 33.8. The SMILES string of the molecule is CCCCCCCCc1ccc(OCCOCCOCCOCCOCCOCCOCCOCCOCCOCCOCCOCCOCCP(c2ccccc2)c2ccccc2)cc1. The van der Waals surface area contributed by atoms with Gasteiger partial charge in [0, 0.05) is 0 Å². The zero-order valence-electron chi connectivity index (χ0n) is 40.2. The highest BCUT2D eigenvalue weighted by Gasteiger charge is 2.13. The van der Waals surface area contributed by atoms with Gasteiger partial charge in [-0.3, -0.25) is 0 Å². The molecule has 3 aromatic rings. The second kappa shape index (κ2) is 44.9. The van der Waals surface area contributed by atoms with Gasteiger partial charge in [-0.25, -0.2) is 0 Å². The molecule has 0 unspecified atom stereocenters. The van der Waals surface area contributed by atoms with Crippen LogP contribution in [0.5, 0.6) is 5.75 Å². The van der Waals surface area contributed by atoms with E-state index in [9.17, 15) is 0 Å². The molecule has 0 aromatic heterocycles. The van der Waals surface area contributed by atoms with E-state index < -0.39 is 7.92 Å². The smallest absolute Gasteiger partial charge is 0.119 e. The van der Waals surface area contributed by atoms with Gasteiger partial charge in [-0.15, -0.1) is 0 Å². The highest BCUT2D eigenvalue weighted by Crippen LogP contribution is 2.32. The molecule has 374 valence electrons. The second-order valence-corrected chi connectivity index (χ2v) is 17.5. The van der Waals surface area contributed by atoms with Crippen molar-refractivity contribution in [3.63, 3.8) is 0 Å². The highest BCUT2D eigenvalue weighted by atomic mass is 31.1. The van der Waals surface area contributed by atoms with E-state index in [4.69, 9.17) is 61.6 Å². The van der Waals surface area contributed by atoms with Crippen LogP contribution in [-0.4, -0.2) is 171 Å². The minimum absolute atomic E-state index is 0.435. The lowest BCUT2D eigenvalue weighted by molar-refractivity contribution is -0.0284. The fourth-order valence-electron chi connectivity index (χ4n) is 6.38. The highest BCUT2D eigenvalue weighted by molar-refractivity contribution is 7.73. The van der Waals surface area contributed by atoms with Gasteiger partial charge in [0.25, 0.3) is 0 Å². The monoisotopic (exact) mass is 947 g/mol. The first-order valence-corrected chi connectivity index (χ1v) is 25.9. The van der Waals surface area contributed by atoms with Gasteiger partial charge in [-0.1, -0.05) is 112 Å². The maximum absolute atomic E-state index is 5.88. The lowest BCUT2D eigenvalue weighted by Gasteiger charge is -2.18. The fourth-order valence-corrected chi connectivity index (χ4v) is 8.57. The Morgan fingerprint density at radius 3 is 0.955 bits per heavy atom. The third-order valence-corrected chi connectivity index (χ3v) is 12.4. The Labute approximate surface area is 398 Å². The molecular formula is C52H83O13P. The first-order valence-electron chi connectivity index (χ1n) is 24.4. The van der Waals surface area contributed by atoms with Crippen molar-refractivity contribution in [2.24, 2.45) is 0 Å². The molecule has 14 heteroatoms. The number of ether oxygens (including phenoxy) is 13. The molecule has 0 spiro atoms. The van der Waals surface area contributed by atoms with Crippen molar-refractivity contribution in [1.29, 1.82) is 0 Å². The Morgan fingerprint density at radius 2 is 0.606 bits per heavy atom. The largest absolute Gasteiger partial charge is 0.491 e. The number of hydrogen-bond acceptors (Lipinski definition) is 13. The average Bonchev–Trinajstić information content (AvgIpc) is 3.35. The maximum Gasteiger partial charge on any atom is 0.119 e. The quantitative estimate of drug-likeness (QED) is 0.0417. The molecule has 0 heterocycles. The summed E-state index contributed by atoms with van der Waals surface area (Å²) in [4.78, 5) is 0. The van der Waals surface area contributed by atoms with Gasteiger partial charge in [0.2, 0.25) is 0 Å². The molecule has 0 fully saturated rings.